The van der Waals surface area contributed by atoms with Crippen molar-refractivity contribution in [3.05, 3.63) is 44.6 Å². The van der Waals surface area contributed by atoms with Gasteiger partial charge in [-0.2, -0.15) is 11.8 Å². The number of nitrogens with one attached hydrogen (secondary N) is 2. The molecule has 0 radical (unpaired) electrons. The molecular formula is C20H22BrN3O3S2. The molecule has 2 heterocycles. The van der Waals surface area contributed by atoms with E-state index in [9.17, 15) is 14.4 Å². The number of carbonyl (C=O) groups excluding carboxylic acids is 3. The summed E-state index contributed by atoms with van der Waals surface area (Å²) in [5, 5.41) is 5.63. The molecule has 0 unspecified atom stereocenters. The van der Waals surface area contributed by atoms with E-state index < -0.39 is 5.54 Å². The number of thioether (sulfide) groups is 1. The first kappa shape index (κ1) is 21.9. The molecule has 0 spiro atoms. The Kier molecular flexibility index (Phi) is 6.70. The SMILES string of the molecule is Cc1cc(NC(=O)C(C)(C)NC(=O)c2ccc(Br)s2)ccc1N1CCSCC1=O. The second-order valence-corrected chi connectivity index (χ2v) is 10.8. The molecule has 1 fully saturated rings. The number of rotatable bonds is 5. The predicted molar refractivity (Wildman–Crippen MR) is 123 cm³/mol. The van der Waals surface area contributed by atoms with Crippen LogP contribution in [0.1, 0.15) is 29.1 Å². The third-order valence-corrected chi connectivity index (χ3v) is 7.07. The van der Waals surface area contributed by atoms with Crippen molar-refractivity contribution >= 4 is 68.1 Å². The third-order valence-electron chi connectivity index (χ3n) is 4.52. The van der Waals surface area contributed by atoms with Gasteiger partial charge in [-0.25, -0.2) is 0 Å². The second-order valence-electron chi connectivity index (χ2n) is 7.24. The number of hydrogen-bond acceptors (Lipinski definition) is 5. The van der Waals surface area contributed by atoms with Crippen molar-refractivity contribution in [2.24, 2.45) is 0 Å². The second kappa shape index (κ2) is 8.89. The van der Waals surface area contributed by atoms with Gasteiger partial charge in [-0.1, -0.05) is 0 Å². The number of anilines is 2. The van der Waals surface area contributed by atoms with Gasteiger partial charge < -0.3 is 15.5 Å². The summed E-state index contributed by atoms with van der Waals surface area (Å²) in [5.74, 6) is 0.892. The van der Waals surface area contributed by atoms with E-state index in [1.165, 1.54) is 11.3 Å². The highest BCUT2D eigenvalue weighted by atomic mass is 79.9. The number of carbonyl (C=O) groups is 3. The Labute approximate surface area is 186 Å². The Morgan fingerprint density at radius 2 is 1.97 bits per heavy atom. The molecule has 0 saturated carbocycles. The number of amides is 3. The fraction of sp³-hybridized carbons (Fsp3) is 0.350. The van der Waals surface area contributed by atoms with Crippen molar-refractivity contribution in [1.82, 2.24) is 5.32 Å². The van der Waals surface area contributed by atoms with Crippen LogP contribution in [0.2, 0.25) is 0 Å². The lowest BCUT2D eigenvalue weighted by Crippen LogP contribution is -2.52. The minimum Gasteiger partial charge on any atom is -0.337 e. The number of benzene rings is 1. The molecule has 3 rings (SSSR count). The highest BCUT2D eigenvalue weighted by Gasteiger charge is 2.30. The van der Waals surface area contributed by atoms with E-state index in [0.717, 1.165) is 20.8 Å². The van der Waals surface area contributed by atoms with Gasteiger partial charge in [-0.3, -0.25) is 14.4 Å². The van der Waals surface area contributed by atoms with Gasteiger partial charge in [-0.05, 0) is 72.6 Å². The quantitative estimate of drug-likeness (QED) is 0.655. The van der Waals surface area contributed by atoms with E-state index in [1.807, 2.05) is 19.1 Å². The fourth-order valence-electron chi connectivity index (χ4n) is 2.93. The van der Waals surface area contributed by atoms with Crippen molar-refractivity contribution in [3.8, 4) is 0 Å². The van der Waals surface area contributed by atoms with Crippen LogP contribution in [0.25, 0.3) is 0 Å². The molecule has 0 bridgehead atoms. The topological polar surface area (TPSA) is 78.5 Å². The lowest BCUT2D eigenvalue weighted by molar-refractivity contribution is -0.121. The number of nitrogens with zero attached hydrogens (tertiary/aromatic N) is 1. The van der Waals surface area contributed by atoms with E-state index in [-0.39, 0.29) is 17.7 Å². The summed E-state index contributed by atoms with van der Waals surface area (Å²) in [6, 6.07) is 8.98. The average Bonchev–Trinajstić information content (AvgIpc) is 3.09. The van der Waals surface area contributed by atoms with Gasteiger partial charge in [0.25, 0.3) is 5.91 Å². The maximum atomic E-state index is 12.8. The van der Waals surface area contributed by atoms with Crippen LogP contribution in [0.15, 0.2) is 34.1 Å². The number of aryl methyl sites for hydroxylation is 1. The van der Waals surface area contributed by atoms with Gasteiger partial charge in [0.2, 0.25) is 11.8 Å². The normalized spacial score (nSPS) is 14.6. The summed E-state index contributed by atoms with van der Waals surface area (Å²) in [6.07, 6.45) is 0. The zero-order chi connectivity index (χ0) is 21.2. The van der Waals surface area contributed by atoms with Crippen molar-refractivity contribution in [2.45, 2.75) is 26.3 Å². The van der Waals surface area contributed by atoms with E-state index in [1.54, 1.807) is 48.7 Å². The molecule has 6 nitrogen and oxygen atoms in total. The molecule has 0 aliphatic carbocycles. The molecule has 0 atom stereocenters. The molecule has 1 aromatic heterocycles. The molecule has 1 aliphatic rings. The molecule has 1 saturated heterocycles. The maximum absolute atomic E-state index is 12.8. The van der Waals surface area contributed by atoms with Crippen LogP contribution in [0.4, 0.5) is 11.4 Å². The van der Waals surface area contributed by atoms with E-state index in [2.05, 4.69) is 26.6 Å². The van der Waals surface area contributed by atoms with Gasteiger partial charge in [0.1, 0.15) is 5.54 Å². The first-order chi connectivity index (χ1) is 13.7. The Hall–Kier alpha value is -1.84. The highest BCUT2D eigenvalue weighted by molar-refractivity contribution is 9.11. The van der Waals surface area contributed by atoms with E-state index >= 15 is 0 Å². The molecule has 2 N–H and O–H groups in total. The fourth-order valence-corrected chi connectivity index (χ4v) is 5.00. The smallest absolute Gasteiger partial charge is 0.262 e. The summed E-state index contributed by atoms with van der Waals surface area (Å²) in [5.41, 5.74) is 1.30. The van der Waals surface area contributed by atoms with Gasteiger partial charge in [-0.15, -0.1) is 11.3 Å². The van der Waals surface area contributed by atoms with Crippen LogP contribution in [0, 0.1) is 6.92 Å². The molecule has 1 aromatic carbocycles. The summed E-state index contributed by atoms with van der Waals surface area (Å²) in [7, 11) is 0. The zero-order valence-corrected chi connectivity index (χ0v) is 19.6. The van der Waals surface area contributed by atoms with Crippen molar-refractivity contribution in [2.75, 3.05) is 28.3 Å². The molecule has 3 amide bonds. The maximum Gasteiger partial charge on any atom is 0.262 e. The van der Waals surface area contributed by atoms with Gasteiger partial charge in [0, 0.05) is 23.7 Å². The summed E-state index contributed by atoms with van der Waals surface area (Å²) in [4.78, 5) is 39.6. The Morgan fingerprint density at radius 1 is 1.21 bits per heavy atom. The van der Waals surface area contributed by atoms with Crippen molar-refractivity contribution in [3.63, 3.8) is 0 Å². The molecule has 29 heavy (non-hydrogen) atoms. The van der Waals surface area contributed by atoms with E-state index in [0.29, 0.717) is 22.9 Å². The van der Waals surface area contributed by atoms with Gasteiger partial charge in [0.15, 0.2) is 0 Å². The number of halogens is 1. The van der Waals surface area contributed by atoms with E-state index in [4.69, 9.17) is 0 Å². The average molecular weight is 496 g/mol. The first-order valence-corrected chi connectivity index (χ1v) is 11.8. The lowest BCUT2D eigenvalue weighted by Gasteiger charge is -2.28. The van der Waals surface area contributed by atoms with Gasteiger partial charge >= 0.3 is 0 Å². The highest BCUT2D eigenvalue weighted by Crippen LogP contribution is 2.27. The summed E-state index contributed by atoms with van der Waals surface area (Å²) < 4.78 is 0.853. The summed E-state index contributed by atoms with van der Waals surface area (Å²) >= 11 is 6.28. The zero-order valence-electron chi connectivity index (χ0n) is 16.4. The van der Waals surface area contributed by atoms with Crippen molar-refractivity contribution in [1.29, 1.82) is 0 Å². The minimum atomic E-state index is -1.10. The van der Waals surface area contributed by atoms with Crippen LogP contribution >= 0.6 is 39.0 Å². The number of hydrogen-bond donors (Lipinski definition) is 2. The van der Waals surface area contributed by atoms with Crippen LogP contribution in [0.3, 0.4) is 0 Å². The molecule has 2 aromatic rings. The molecule has 9 heteroatoms. The van der Waals surface area contributed by atoms with Gasteiger partial charge in [0.05, 0.1) is 14.4 Å². The Morgan fingerprint density at radius 3 is 2.59 bits per heavy atom. The minimum absolute atomic E-state index is 0.102. The largest absolute Gasteiger partial charge is 0.337 e. The van der Waals surface area contributed by atoms with Crippen LogP contribution in [0.5, 0.6) is 0 Å². The Bertz CT molecular complexity index is 958. The van der Waals surface area contributed by atoms with Crippen LogP contribution in [-0.2, 0) is 9.59 Å². The van der Waals surface area contributed by atoms with Crippen LogP contribution in [-0.4, -0.2) is 41.3 Å². The third kappa shape index (κ3) is 5.21. The lowest BCUT2D eigenvalue weighted by atomic mass is 10.0. The monoisotopic (exact) mass is 495 g/mol. The Balaban J connectivity index is 1.68. The standard InChI is InChI=1S/C20H22BrN3O3S2/c1-12-10-13(4-5-14(12)24-8-9-28-11-17(24)25)22-19(27)20(2,3)23-18(26)15-6-7-16(21)29-15/h4-7,10H,8-9,11H2,1-3H3,(H,22,27)(H,23,26). The molecule has 1 aliphatic heterocycles. The summed E-state index contributed by atoms with van der Waals surface area (Å²) in [6.45, 7) is 5.93. The molecule has 154 valence electrons. The number of thiophene rings is 1. The first-order valence-electron chi connectivity index (χ1n) is 9.05. The van der Waals surface area contributed by atoms with Crippen molar-refractivity contribution < 1.29 is 14.4 Å². The molecular weight excluding hydrogens is 474 g/mol. The van der Waals surface area contributed by atoms with Crippen LogP contribution < -0.4 is 15.5 Å². The predicted octanol–water partition coefficient (Wildman–Crippen LogP) is 4.05.